The molecule has 0 bridgehead atoms. The van der Waals surface area contributed by atoms with E-state index in [2.05, 4.69) is 10.6 Å². The molecule has 2 fully saturated rings. The first-order valence-electron chi connectivity index (χ1n) is 9.01. The number of hydrogen-bond donors (Lipinski definition) is 2. The molecular formula is C18H21FN4O4S. The van der Waals surface area contributed by atoms with Gasteiger partial charge in [0.25, 0.3) is 0 Å². The van der Waals surface area contributed by atoms with Crippen LogP contribution in [0.5, 0.6) is 0 Å². The lowest BCUT2D eigenvalue weighted by atomic mass is 10.1. The van der Waals surface area contributed by atoms with E-state index in [9.17, 15) is 22.4 Å². The van der Waals surface area contributed by atoms with Gasteiger partial charge in [-0.15, -0.1) is 0 Å². The highest BCUT2D eigenvalue weighted by Gasteiger charge is 2.41. The Balaban J connectivity index is 1.47. The monoisotopic (exact) mass is 408 g/mol. The van der Waals surface area contributed by atoms with Crippen molar-refractivity contribution in [3.63, 3.8) is 0 Å². The fourth-order valence-electron chi connectivity index (χ4n) is 3.59. The van der Waals surface area contributed by atoms with Crippen molar-refractivity contribution in [1.82, 2.24) is 10.2 Å². The molecule has 2 aliphatic rings. The third kappa shape index (κ3) is 4.42. The molecule has 2 saturated heterocycles. The highest BCUT2D eigenvalue weighted by molar-refractivity contribution is 7.91. The molecule has 2 heterocycles. The Morgan fingerprint density at radius 2 is 2.14 bits per heavy atom. The van der Waals surface area contributed by atoms with Gasteiger partial charge in [-0.25, -0.2) is 12.8 Å². The van der Waals surface area contributed by atoms with Crippen molar-refractivity contribution >= 4 is 27.3 Å². The molecule has 0 radical (unpaired) electrons. The molecule has 1 aromatic carbocycles. The van der Waals surface area contributed by atoms with Crippen LogP contribution in [0.15, 0.2) is 18.2 Å². The van der Waals surface area contributed by atoms with Crippen LogP contribution in [0, 0.1) is 23.1 Å². The summed E-state index contributed by atoms with van der Waals surface area (Å²) in [5.74, 6) is -1.56. The average Bonchev–Trinajstić information content (AvgIpc) is 3.20. The maximum absolute atomic E-state index is 13.5. The highest BCUT2D eigenvalue weighted by atomic mass is 32.2. The number of likely N-dealkylation sites (tertiary alicyclic amines) is 1. The molecule has 0 aromatic heterocycles. The zero-order valence-electron chi connectivity index (χ0n) is 15.2. The van der Waals surface area contributed by atoms with Crippen molar-refractivity contribution in [3.8, 4) is 6.07 Å². The Kier molecular flexibility index (Phi) is 5.84. The van der Waals surface area contributed by atoms with E-state index in [0.717, 1.165) is 0 Å². The average molecular weight is 408 g/mol. The largest absolute Gasteiger partial charge is 0.382 e. The first-order chi connectivity index (χ1) is 13.3. The number of anilines is 1. The van der Waals surface area contributed by atoms with Crippen molar-refractivity contribution in [1.29, 1.82) is 5.26 Å². The van der Waals surface area contributed by atoms with E-state index >= 15 is 0 Å². The molecule has 28 heavy (non-hydrogen) atoms. The Labute approximate surface area is 162 Å². The maximum Gasteiger partial charge on any atom is 0.225 e. The predicted octanol–water partition coefficient (Wildman–Crippen LogP) is 0.261. The van der Waals surface area contributed by atoms with E-state index in [1.54, 1.807) is 12.1 Å². The van der Waals surface area contributed by atoms with E-state index in [0.29, 0.717) is 12.1 Å². The first-order valence-corrected chi connectivity index (χ1v) is 10.8. The van der Waals surface area contributed by atoms with Crippen LogP contribution in [0.1, 0.15) is 18.4 Å². The fourth-order valence-corrected chi connectivity index (χ4v) is 5.32. The number of hydrogen-bond acceptors (Lipinski definition) is 6. The summed E-state index contributed by atoms with van der Waals surface area (Å²) in [6, 6.07) is 5.71. The summed E-state index contributed by atoms with van der Waals surface area (Å²) in [4.78, 5) is 26.0. The smallest absolute Gasteiger partial charge is 0.225 e. The molecule has 2 aliphatic heterocycles. The number of carbonyl (C=O) groups is 2. The van der Waals surface area contributed by atoms with Crippen LogP contribution in [0.25, 0.3) is 0 Å². The van der Waals surface area contributed by atoms with Gasteiger partial charge in [0.05, 0.1) is 23.1 Å². The van der Waals surface area contributed by atoms with Crippen molar-refractivity contribution in [2.75, 3.05) is 36.5 Å². The van der Waals surface area contributed by atoms with Gasteiger partial charge in [0, 0.05) is 32.1 Å². The lowest BCUT2D eigenvalue weighted by Gasteiger charge is -2.22. The van der Waals surface area contributed by atoms with E-state index in [1.807, 2.05) is 0 Å². The second-order valence-electron chi connectivity index (χ2n) is 7.00. The Bertz CT molecular complexity index is 928. The second-order valence-corrected chi connectivity index (χ2v) is 9.22. The topological polar surface area (TPSA) is 119 Å². The van der Waals surface area contributed by atoms with Crippen LogP contribution in [0.2, 0.25) is 0 Å². The minimum atomic E-state index is -3.10. The van der Waals surface area contributed by atoms with Crippen molar-refractivity contribution in [2.24, 2.45) is 5.92 Å². The van der Waals surface area contributed by atoms with Crippen LogP contribution in [0.3, 0.4) is 0 Å². The van der Waals surface area contributed by atoms with Crippen LogP contribution in [-0.2, 0) is 19.4 Å². The van der Waals surface area contributed by atoms with Gasteiger partial charge < -0.3 is 15.5 Å². The first kappa shape index (κ1) is 20.1. The van der Waals surface area contributed by atoms with Crippen molar-refractivity contribution in [2.45, 2.75) is 18.9 Å². The molecule has 2 atom stereocenters. The fraction of sp³-hybridized carbons (Fsp3) is 0.500. The van der Waals surface area contributed by atoms with Crippen LogP contribution in [0.4, 0.5) is 10.1 Å². The molecule has 0 aliphatic carbocycles. The molecule has 0 spiro atoms. The molecule has 8 nitrogen and oxygen atoms in total. The van der Waals surface area contributed by atoms with Gasteiger partial charge in [0.1, 0.15) is 17.4 Å². The second kappa shape index (κ2) is 8.14. The number of benzene rings is 1. The summed E-state index contributed by atoms with van der Waals surface area (Å²) in [5.41, 5.74) is 0.263. The lowest BCUT2D eigenvalue weighted by molar-refractivity contribution is -0.130. The summed E-state index contributed by atoms with van der Waals surface area (Å²) in [7, 11) is -3.10. The molecule has 2 amide bonds. The number of nitriles is 1. The number of halogens is 1. The standard InChI is InChI=1S/C18H21FN4O4S/c19-15-2-1-3-16(14(15)9-20)21-5-6-22-18(25)12-8-17(24)23(10-12)13-4-7-28(26,27)11-13/h1-3,12-13,21H,4-8,10-11H2,(H,22,25)/t12-,13+/m1/s1. The van der Waals surface area contributed by atoms with Crippen molar-refractivity contribution < 1.29 is 22.4 Å². The Morgan fingerprint density at radius 1 is 1.36 bits per heavy atom. The van der Waals surface area contributed by atoms with E-state index < -0.39 is 21.6 Å². The minimum absolute atomic E-state index is 0.0359. The number of nitrogens with one attached hydrogen (secondary N) is 2. The predicted molar refractivity (Wildman–Crippen MR) is 99.5 cm³/mol. The minimum Gasteiger partial charge on any atom is -0.382 e. The number of sulfone groups is 1. The van der Waals surface area contributed by atoms with Gasteiger partial charge in [-0.1, -0.05) is 6.07 Å². The van der Waals surface area contributed by atoms with Gasteiger partial charge in [-0.3, -0.25) is 9.59 Å². The lowest BCUT2D eigenvalue weighted by Crippen LogP contribution is -2.39. The van der Waals surface area contributed by atoms with Gasteiger partial charge in [0.2, 0.25) is 11.8 Å². The van der Waals surface area contributed by atoms with Gasteiger partial charge in [0.15, 0.2) is 9.84 Å². The van der Waals surface area contributed by atoms with Gasteiger partial charge in [-0.2, -0.15) is 5.26 Å². The summed E-state index contributed by atoms with van der Waals surface area (Å²) in [6.07, 6.45) is 0.486. The number of nitrogens with zero attached hydrogens (tertiary/aromatic N) is 2. The third-order valence-electron chi connectivity index (χ3n) is 5.04. The van der Waals surface area contributed by atoms with Crippen LogP contribution < -0.4 is 10.6 Å². The quantitative estimate of drug-likeness (QED) is 0.652. The molecule has 10 heteroatoms. The Hall–Kier alpha value is -2.67. The Morgan fingerprint density at radius 3 is 2.82 bits per heavy atom. The van der Waals surface area contributed by atoms with E-state index in [-0.39, 0.29) is 61.0 Å². The maximum atomic E-state index is 13.5. The molecule has 0 unspecified atom stereocenters. The number of rotatable bonds is 6. The van der Waals surface area contributed by atoms with E-state index in [4.69, 9.17) is 5.26 Å². The van der Waals surface area contributed by atoms with E-state index in [1.165, 1.54) is 17.0 Å². The van der Waals surface area contributed by atoms with Crippen LogP contribution in [-0.4, -0.2) is 62.3 Å². The highest BCUT2D eigenvalue weighted by Crippen LogP contribution is 2.26. The normalized spacial score (nSPS) is 23.4. The van der Waals surface area contributed by atoms with Crippen molar-refractivity contribution in [3.05, 3.63) is 29.6 Å². The molecular weight excluding hydrogens is 387 g/mol. The number of amides is 2. The zero-order valence-corrected chi connectivity index (χ0v) is 16.0. The molecule has 3 rings (SSSR count). The zero-order chi connectivity index (χ0) is 20.3. The van der Waals surface area contributed by atoms with Crippen LogP contribution >= 0.6 is 0 Å². The molecule has 1 aromatic rings. The summed E-state index contributed by atoms with van der Waals surface area (Å²) in [5, 5.41) is 14.6. The summed E-state index contributed by atoms with van der Waals surface area (Å²) < 4.78 is 36.8. The summed E-state index contributed by atoms with van der Waals surface area (Å²) >= 11 is 0. The molecule has 150 valence electrons. The molecule has 2 N–H and O–H groups in total. The SMILES string of the molecule is N#Cc1c(F)cccc1NCCNC(=O)[C@@H]1CC(=O)N([C@H]2CCS(=O)(=O)C2)C1. The summed E-state index contributed by atoms with van der Waals surface area (Å²) in [6.45, 7) is 0.749. The third-order valence-corrected chi connectivity index (χ3v) is 6.79. The van der Waals surface area contributed by atoms with Gasteiger partial charge in [-0.05, 0) is 18.6 Å². The van der Waals surface area contributed by atoms with Gasteiger partial charge >= 0.3 is 0 Å². The number of carbonyl (C=O) groups excluding carboxylic acids is 2. The molecule has 0 saturated carbocycles.